The van der Waals surface area contributed by atoms with E-state index in [0.29, 0.717) is 0 Å². The Balaban J connectivity index is 0. The van der Waals surface area contributed by atoms with Crippen molar-refractivity contribution < 1.29 is 0 Å². The molecule has 0 aromatic heterocycles. The molecule has 0 aliphatic rings. The summed E-state index contributed by atoms with van der Waals surface area (Å²) in [6, 6.07) is 0. The molecule has 0 fully saturated rings. The van der Waals surface area contributed by atoms with E-state index in [1.807, 2.05) is 32.1 Å². The molecule has 48 valence electrons. The molecule has 0 aromatic rings. The molecule has 0 saturated carbocycles. The first-order valence-corrected chi connectivity index (χ1v) is 2.32. The lowest BCUT2D eigenvalue weighted by molar-refractivity contribution is 1.32. The largest absolute Gasteiger partial charge is 0.402 e. The predicted molar refractivity (Wildman–Crippen MR) is 48.2 cm³/mol. The van der Waals surface area contributed by atoms with Crippen molar-refractivity contribution in [1.82, 2.24) is 0 Å². The van der Waals surface area contributed by atoms with Crippen molar-refractivity contribution in [2.24, 2.45) is 5.73 Å². The summed E-state index contributed by atoms with van der Waals surface area (Å²) in [4.78, 5) is 0. The van der Waals surface area contributed by atoms with E-state index in [1.165, 1.54) is 0 Å². The molecular weight excluding hydrogens is 213 g/mol. The molecule has 0 atom stereocenters. The zero-order valence-corrected chi connectivity index (χ0v) is 7.55. The molecule has 0 aliphatic carbocycles. The minimum atomic E-state index is 0. The van der Waals surface area contributed by atoms with Crippen LogP contribution in [0.25, 0.3) is 0 Å². The smallest absolute Gasteiger partial charge is 0.00487 e. The van der Waals surface area contributed by atoms with Crippen molar-refractivity contribution in [3.05, 3.63) is 23.9 Å². The van der Waals surface area contributed by atoms with Crippen molar-refractivity contribution in [3.63, 3.8) is 0 Å². The van der Waals surface area contributed by atoms with Gasteiger partial charge >= 0.3 is 0 Å². The highest BCUT2D eigenvalue weighted by molar-refractivity contribution is 14.0. The van der Waals surface area contributed by atoms with Gasteiger partial charge in [0, 0.05) is 5.70 Å². The first-order chi connectivity index (χ1) is 3.27. The number of allylic oxidation sites excluding steroid dienone is 4. The van der Waals surface area contributed by atoms with Crippen LogP contribution in [0.1, 0.15) is 13.8 Å². The van der Waals surface area contributed by atoms with E-state index >= 15 is 0 Å². The highest BCUT2D eigenvalue weighted by atomic mass is 127. The number of rotatable bonds is 1. The summed E-state index contributed by atoms with van der Waals surface area (Å²) in [5.74, 6) is 0. The summed E-state index contributed by atoms with van der Waals surface area (Å²) in [6.45, 7) is 3.82. The highest BCUT2D eigenvalue weighted by Crippen LogP contribution is 1.79. The van der Waals surface area contributed by atoms with Crippen LogP contribution in [-0.2, 0) is 0 Å². The van der Waals surface area contributed by atoms with E-state index in [4.69, 9.17) is 5.73 Å². The lowest BCUT2D eigenvalue weighted by atomic mass is 10.4. The molecule has 0 radical (unpaired) electrons. The second kappa shape index (κ2) is 7.01. The zero-order chi connectivity index (χ0) is 5.70. The van der Waals surface area contributed by atoms with Crippen LogP contribution in [0.5, 0.6) is 0 Å². The van der Waals surface area contributed by atoms with E-state index in [1.54, 1.807) is 0 Å². The molecule has 0 spiro atoms. The third kappa shape index (κ3) is 9.38. The van der Waals surface area contributed by atoms with Crippen molar-refractivity contribution in [3.8, 4) is 0 Å². The molecular formula is C6H12IN. The maximum absolute atomic E-state index is 5.29. The summed E-state index contributed by atoms with van der Waals surface area (Å²) in [5.41, 5.74) is 6.13. The zero-order valence-electron chi connectivity index (χ0n) is 5.22. The summed E-state index contributed by atoms with van der Waals surface area (Å²) in [6.07, 6.45) is 5.71. The lowest BCUT2D eigenvalue weighted by Crippen LogP contribution is -1.87. The van der Waals surface area contributed by atoms with Crippen molar-refractivity contribution in [2.45, 2.75) is 13.8 Å². The molecule has 0 amide bonds. The molecule has 0 heterocycles. The Hall–Kier alpha value is 0.0100. The fraction of sp³-hybridized carbons (Fsp3) is 0.333. The van der Waals surface area contributed by atoms with Gasteiger partial charge in [0.05, 0.1) is 0 Å². The van der Waals surface area contributed by atoms with Crippen LogP contribution in [0.15, 0.2) is 23.9 Å². The van der Waals surface area contributed by atoms with E-state index < -0.39 is 0 Å². The third-order valence-corrected chi connectivity index (χ3v) is 0.552. The van der Waals surface area contributed by atoms with Crippen molar-refractivity contribution >= 4 is 24.0 Å². The van der Waals surface area contributed by atoms with Gasteiger partial charge < -0.3 is 5.73 Å². The van der Waals surface area contributed by atoms with Crippen LogP contribution in [0, 0.1) is 0 Å². The van der Waals surface area contributed by atoms with Gasteiger partial charge in [-0.25, -0.2) is 0 Å². The maximum atomic E-state index is 5.29. The lowest BCUT2D eigenvalue weighted by Gasteiger charge is -1.79. The molecule has 2 heteroatoms. The minimum Gasteiger partial charge on any atom is -0.402 e. The van der Waals surface area contributed by atoms with E-state index in [9.17, 15) is 0 Å². The Morgan fingerprint density at radius 3 is 2.12 bits per heavy atom. The van der Waals surface area contributed by atoms with Gasteiger partial charge in [0.1, 0.15) is 0 Å². The van der Waals surface area contributed by atoms with Gasteiger partial charge in [-0.15, -0.1) is 24.0 Å². The van der Waals surface area contributed by atoms with Gasteiger partial charge in [0.25, 0.3) is 0 Å². The maximum Gasteiger partial charge on any atom is 0.00487 e. The molecule has 1 nitrogen and oxygen atoms in total. The SMILES string of the molecule is C/C=C\C=C(/C)N.I. The number of nitrogens with two attached hydrogens (primary N) is 1. The minimum absolute atomic E-state index is 0. The molecule has 0 aliphatic heterocycles. The Morgan fingerprint density at radius 2 is 2.00 bits per heavy atom. The highest BCUT2D eigenvalue weighted by Gasteiger charge is 1.65. The average molecular weight is 225 g/mol. The first-order valence-electron chi connectivity index (χ1n) is 2.32. The Labute approximate surface area is 67.7 Å². The molecule has 8 heavy (non-hydrogen) atoms. The van der Waals surface area contributed by atoms with Gasteiger partial charge in [-0.05, 0) is 19.9 Å². The molecule has 2 N–H and O–H groups in total. The predicted octanol–water partition coefficient (Wildman–Crippen LogP) is 2.04. The molecule has 0 saturated heterocycles. The molecule has 0 bridgehead atoms. The topological polar surface area (TPSA) is 26.0 Å². The van der Waals surface area contributed by atoms with Gasteiger partial charge in [0.2, 0.25) is 0 Å². The Kier molecular flexibility index (Phi) is 9.55. The first kappa shape index (κ1) is 10.9. The van der Waals surface area contributed by atoms with Crippen LogP contribution in [0.4, 0.5) is 0 Å². The quantitative estimate of drug-likeness (QED) is 0.536. The second-order valence-electron chi connectivity index (χ2n) is 1.44. The molecule has 0 aromatic carbocycles. The Morgan fingerprint density at radius 1 is 1.50 bits per heavy atom. The molecule has 0 unspecified atom stereocenters. The number of hydrogen-bond acceptors (Lipinski definition) is 1. The average Bonchev–Trinajstić information content (AvgIpc) is 1.61. The van der Waals surface area contributed by atoms with Crippen LogP contribution in [0.3, 0.4) is 0 Å². The molecule has 0 rings (SSSR count). The standard InChI is InChI=1S/C6H11N.HI/c1-3-4-5-6(2)7;/h3-5H,7H2,1-2H3;1H/b4-3-,6-5+;. The van der Waals surface area contributed by atoms with E-state index in [-0.39, 0.29) is 24.0 Å². The number of hydrogen-bond donors (Lipinski definition) is 1. The van der Waals surface area contributed by atoms with Gasteiger partial charge in [-0.2, -0.15) is 0 Å². The van der Waals surface area contributed by atoms with Crippen LogP contribution in [-0.4, -0.2) is 0 Å². The van der Waals surface area contributed by atoms with Crippen molar-refractivity contribution in [2.75, 3.05) is 0 Å². The van der Waals surface area contributed by atoms with Gasteiger partial charge in [-0.1, -0.05) is 12.2 Å². The second-order valence-corrected chi connectivity index (χ2v) is 1.44. The summed E-state index contributed by atoms with van der Waals surface area (Å²) in [7, 11) is 0. The monoisotopic (exact) mass is 225 g/mol. The number of halogens is 1. The fourth-order valence-electron chi connectivity index (χ4n) is 0.248. The van der Waals surface area contributed by atoms with Crippen LogP contribution >= 0.6 is 24.0 Å². The summed E-state index contributed by atoms with van der Waals surface area (Å²) < 4.78 is 0. The third-order valence-electron chi connectivity index (χ3n) is 0.552. The van der Waals surface area contributed by atoms with Gasteiger partial charge in [0.15, 0.2) is 0 Å². The van der Waals surface area contributed by atoms with E-state index in [0.717, 1.165) is 5.70 Å². The van der Waals surface area contributed by atoms with Crippen LogP contribution in [0.2, 0.25) is 0 Å². The van der Waals surface area contributed by atoms with E-state index in [2.05, 4.69) is 0 Å². The van der Waals surface area contributed by atoms with Gasteiger partial charge in [-0.3, -0.25) is 0 Å². The fourth-order valence-corrected chi connectivity index (χ4v) is 0.248. The summed E-state index contributed by atoms with van der Waals surface area (Å²) >= 11 is 0. The van der Waals surface area contributed by atoms with Crippen LogP contribution < -0.4 is 5.73 Å². The Bertz CT molecular complexity index is 90.7. The van der Waals surface area contributed by atoms with Crippen molar-refractivity contribution in [1.29, 1.82) is 0 Å². The summed E-state index contributed by atoms with van der Waals surface area (Å²) in [5, 5.41) is 0. The normalized spacial score (nSPS) is 11.5.